The van der Waals surface area contributed by atoms with Gasteiger partial charge in [-0.25, -0.2) is 9.97 Å². The zero-order valence-electron chi connectivity index (χ0n) is 19.6. The summed E-state index contributed by atoms with van der Waals surface area (Å²) in [6.07, 6.45) is 8.15. The number of carbonyl (C=O) groups excluding carboxylic acids is 1. The van der Waals surface area contributed by atoms with Crippen molar-refractivity contribution >= 4 is 11.9 Å². The van der Waals surface area contributed by atoms with Gasteiger partial charge >= 0.3 is 0 Å². The molecule has 2 aromatic rings. The minimum absolute atomic E-state index is 0.236. The molecule has 172 valence electrons. The van der Waals surface area contributed by atoms with E-state index >= 15 is 0 Å². The SMILES string of the molecule is COc1cccc(OC)c1-c1cnc(N(C)C)nc1C1CCN(C(=O)C2CCCC2)CC1. The standard InChI is InChI=1S/C25H34N4O3/c1-28(2)25-26-16-19(22-20(31-3)10-7-11-21(22)32-4)23(27-25)17-12-14-29(15-13-17)24(30)18-8-5-6-9-18/h7,10-11,16-18H,5-6,8-9,12-15H2,1-4H3. The van der Waals surface area contributed by atoms with Crippen molar-refractivity contribution in [2.24, 2.45) is 5.92 Å². The van der Waals surface area contributed by atoms with Crippen LogP contribution in [-0.4, -0.2) is 62.2 Å². The van der Waals surface area contributed by atoms with Crippen LogP contribution in [0.3, 0.4) is 0 Å². The Morgan fingerprint density at radius 1 is 1.03 bits per heavy atom. The van der Waals surface area contributed by atoms with Crippen LogP contribution in [-0.2, 0) is 4.79 Å². The van der Waals surface area contributed by atoms with Gasteiger partial charge in [0.15, 0.2) is 0 Å². The molecule has 0 radical (unpaired) electrons. The summed E-state index contributed by atoms with van der Waals surface area (Å²) in [5, 5.41) is 0. The number of carbonyl (C=O) groups is 1. The van der Waals surface area contributed by atoms with Crippen LogP contribution in [0.4, 0.5) is 5.95 Å². The van der Waals surface area contributed by atoms with Gasteiger partial charge in [-0.1, -0.05) is 18.9 Å². The first-order valence-electron chi connectivity index (χ1n) is 11.6. The predicted molar refractivity (Wildman–Crippen MR) is 125 cm³/mol. The average molecular weight is 439 g/mol. The summed E-state index contributed by atoms with van der Waals surface area (Å²) in [4.78, 5) is 26.5. The number of amides is 1. The van der Waals surface area contributed by atoms with Crippen LogP contribution >= 0.6 is 0 Å². The van der Waals surface area contributed by atoms with E-state index in [1.165, 1.54) is 12.8 Å². The second-order valence-corrected chi connectivity index (χ2v) is 8.98. The summed E-state index contributed by atoms with van der Waals surface area (Å²) in [6, 6.07) is 5.79. The summed E-state index contributed by atoms with van der Waals surface area (Å²) in [5.41, 5.74) is 2.81. The number of nitrogens with zero attached hydrogens (tertiary/aromatic N) is 4. The third-order valence-electron chi connectivity index (χ3n) is 6.80. The summed E-state index contributed by atoms with van der Waals surface area (Å²) in [6.45, 7) is 1.56. The lowest BCUT2D eigenvalue weighted by Crippen LogP contribution is -2.41. The van der Waals surface area contributed by atoms with Crippen molar-refractivity contribution in [2.75, 3.05) is 46.3 Å². The van der Waals surface area contributed by atoms with E-state index in [2.05, 4.69) is 9.88 Å². The number of methoxy groups -OCH3 is 2. The quantitative estimate of drug-likeness (QED) is 0.676. The summed E-state index contributed by atoms with van der Waals surface area (Å²) < 4.78 is 11.3. The molecule has 0 atom stereocenters. The fraction of sp³-hybridized carbons (Fsp3) is 0.560. The van der Waals surface area contributed by atoms with Gasteiger partial charge in [0.2, 0.25) is 11.9 Å². The van der Waals surface area contributed by atoms with Crippen LogP contribution in [0, 0.1) is 5.92 Å². The van der Waals surface area contributed by atoms with E-state index in [1.54, 1.807) is 14.2 Å². The molecule has 1 amide bonds. The molecular weight excluding hydrogens is 404 g/mol. The fourth-order valence-corrected chi connectivity index (χ4v) is 5.03. The highest BCUT2D eigenvalue weighted by atomic mass is 16.5. The van der Waals surface area contributed by atoms with Crippen molar-refractivity contribution in [3.63, 3.8) is 0 Å². The molecule has 7 heteroatoms. The first-order chi connectivity index (χ1) is 15.5. The molecule has 2 heterocycles. The molecule has 1 saturated heterocycles. The number of hydrogen-bond acceptors (Lipinski definition) is 6. The maximum atomic E-state index is 12.9. The molecule has 1 aliphatic heterocycles. The number of rotatable bonds is 6. The molecule has 1 aliphatic carbocycles. The maximum Gasteiger partial charge on any atom is 0.225 e. The fourth-order valence-electron chi connectivity index (χ4n) is 5.03. The van der Waals surface area contributed by atoms with E-state index in [4.69, 9.17) is 14.5 Å². The second kappa shape index (κ2) is 9.76. The number of anilines is 1. The van der Waals surface area contributed by atoms with Crippen molar-refractivity contribution in [3.05, 3.63) is 30.1 Å². The molecule has 32 heavy (non-hydrogen) atoms. The van der Waals surface area contributed by atoms with Gasteiger partial charge in [0.05, 0.1) is 25.5 Å². The summed E-state index contributed by atoms with van der Waals surface area (Å²) >= 11 is 0. The second-order valence-electron chi connectivity index (χ2n) is 8.98. The Morgan fingerprint density at radius 3 is 2.22 bits per heavy atom. The molecule has 1 aromatic carbocycles. The van der Waals surface area contributed by atoms with Crippen molar-refractivity contribution < 1.29 is 14.3 Å². The zero-order valence-corrected chi connectivity index (χ0v) is 19.6. The highest BCUT2D eigenvalue weighted by molar-refractivity contribution is 5.80. The van der Waals surface area contributed by atoms with Gasteiger partial charge in [-0.15, -0.1) is 0 Å². The number of likely N-dealkylation sites (tertiary alicyclic amines) is 1. The minimum Gasteiger partial charge on any atom is -0.496 e. The first kappa shape index (κ1) is 22.4. The van der Waals surface area contributed by atoms with Gasteiger partial charge in [-0.05, 0) is 37.8 Å². The van der Waals surface area contributed by atoms with E-state index in [0.29, 0.717) is 11.9 Å². The molecule has 2 aliphatic rings. The minimum atomic E-state index is 0.236. The maximum absolute atomic E-state index is 12.9. The smallest absolute Gasteiger partial charge is 0.225 e. The van der Waals surface area contributed by atoms with E-state index in [1.807, 2.05) is 43.4 Å². The van der Waals surface area contributed by atoms with Crippen LogP contribution in [0.5, 0.6) is 11.5 Å². The van der Waals surface area contributed by atoms with Gasteiger partial charge in [-0.3, -0.25) is 4.79 Å². The lowest BCUT2D eigenvalue weighted by molar-refractivity contribution is -0.136. The van der Waals surface area contributed by atoms with Crippen molar-refractivity contribution in [1.82, 2.24) is 14.9 Å². The molecular formula is C25H34N4O3. The van der Waals surface area contributed by atoms with Gasteiger partial charge < -0.3 is 19.3 Å². The largest absolute Gasteiger partial charge is 0.496 e. The number of benzene rings is 1. The third kappa shape index (κ3) is 4.38. The topological polar surface area (TPSA) is 67.8 Å². The number of hydrogen-bond donors (Lipinski definition) is 0. The van der Waals surface area contributed by atoms with E-state index in [-0.39, 0.29) is 11.8 Å². The Morgan fingerprint density at radius 2 is 1.66 bits per heavy atom. The Kier molecular flexibility index (Phi) is 6.82. The Bertz CT molecular complexity index is 926. The van der Waals surface area contributed by atoms with E-state index in [0.717, 1.165) is 67.1 Å². The Balaban J connectivity index is 1.65. The van der Waals surface area contributed by atoms with Gasteiger partial charge in [0.1, 0.15) is 11.5 Å². The molecule has 0 N–H and O–H groups in total. The molecule has 0 unspecified atom stereocenters. The van der Waals surface area contributed by atoms with Crippen LogP contribution in [0.15, 0.2) is 24.4 Å². The van der Waals surface area contributed by atoms with Crippen LogP contribution in [0.2, 0.25) is 0 Å². The summed E-state index contributed by atoms with van der Waals surface area (Å²) in [7, 11) is 7.23. The Labute approximate surface area is 190 Å². The monoisotopic (exact) mass is 438 g/mol. The van der Waals surface area contributed by atoms with E-state index in [9.17, 15) is 4.79 Å². The van der Waals surface area contributed by atoms with Gasteiger partial charge in [-0.2, -0.15) is 0 Å². The zero-order chi connectivity index (χ0) is 22.7. The van der Waals surface area contributed by atoms with Crippen molar-refractivity contribution in [1.29, 1.82) is 0 Å². The lowest BCUT2D eigenvalue weighted by Gasteiger charge is -2.34. The van der Waals surface area contributed by atoms with Gasteiger partial charge in [0, 0.05) is 50.8 Å². The third-order valence-corrected chi connectivity index (χ3v) is 6.80. The molecule has 1 aromatic heterocycles. The number of ether oxygens (including phenoxy) is 2. The van der Waals surface area contributed by atoms with Crippen LogP contribution in [0.25, 0.3) is 11.1 Å². The van der Waals surface area contributed by atoms with Gasteiger partial charge in [0.25, 0.3) is 0 Å². The number of aromatic nitrogens is 2. The molecule has 2 fully saturated rings. The highest BCUT2D eigenvalue weighted by Crippen LogP contribution is 2.43. The van der Waals surface area contributed by atoms with Crippen molar-refractivity contribution in [3.8, 4) is 22.6 Å². The average Bonchev–Trinajstić information content (AvgIpc) is 3.37. The lowest BCUT2D eigenvalue weighted by atomic mass is 9.88. The molecule has 0 bridgehead atoms. The summed E-state index contributed by atoms with van der Waals surface area (Å²) in [5.74, 6) is 2.99. The van der Waals surface area contributed by atoms with Crippen LogP contribution in [0.1, 0.15) is 50.1 Å². The van der Waals surface area contributed by atoms with E-state index < -0.39 is 0 Å². The predicted octanol–water partition coefficient (Wildman–Crippen LogP) is 4.12. The number of piperidine rings is 1. The molecule has 1 saturated carbocycles. The first-order valence-corrected chi connectivity index (χ1v) is 11.6. The molecule has 0 spiro atoms. The molecule has 4 rings (SSSR count). The highest BCUT2D eigenvalue weighted by Gasteiger charge is 2.32. The van der Waals surface area contributed by atoms with Crippen molar-refractivity contribution in [2.45, 2.75) is 44.4 Å². The van der Waals surface area contributed by atoms with Crippen LogP contribution < -0.4 is 14.4 Å². The molecule has 7 nitrogen and oxygen atoms in total. The Hall–Kier alpha value is -2.83. The normalized spacial score (nSPS) is 17.4.